The Bertz CT molecular complexity index is 714. The van der Waals surface area contributed by atoms with E-state index >= 15 is 0 Å². The molecule has 1 N–H and O–H groups in total. The molecule has 1 heterocycles. The molecular formula is C18H27FN2O4S. The third kappa shape index (κ3) is 6.57. The van der Waals surface area contributed by atoms with Crippen LogP contribution in [0, 0.1) is 11.7 Å². The Kier molecular flexibility index (Phi) is 6.63. The molecule has 1 aromatic rings. The molecule has 1 saturated heterocycles. The summed E-state index contributed by atoms with van der Waals surface area (Å²) in [6.07, 6.45) is 1.09. The van der Waals surface area contributed by atoms with Crippen LogP contribution >= 0.6 is 0 Å². The van der Waals surface area contributed by atoms with Gasteiger partial charge in [0.15, 0.2) is 0 Å². The Morgan fingerprint density at radius 1 is 1.31 bits per heavy atom. The van der Waals surface area contributed by atoms with Crippen molar-refractivity contribution in [1.29, 1.82) is 0 Å². The molecule has 0 saturated carbocycles. The molecule has 1 atom stereocenters. The Hall–Kier alpha value is -1.67. The average Bonchev–Trinajstić information content (AvgIpc) is 2.54. The van der Waals surface area contributed by atoms with Gasteiger partial charge in [0.2, 0.25) is 10.0 Å². The summed E-state index contributed by atoms with van der Waals surface area (Å²) in [5.41, 5.74) is -0.0123. The van der Waals surface area contributed by atoms with E-state index in [0.29, 0.717) is 25.2 Å². The van der Waals surface area contributed by atoms with E-state index in [1.807, 2.05) is 0 Å². The summed E-state index contributed by atoms with van der Waals surface area (Å²) < 4.78 is 44.9. The van der Waals surface area contributed by atoms with Crippen molar-refractivity contribution < 1.29 is 22.3 Å². The first-order chi connectivity index (χ1) is 12.0. The van der Waals surface area contributed by atoms with Gasteiger partial charge in [0.05, 0.1) is 5.75 Å². The first-order valence-corrected chi connectivity index (χ1v) is 10.4. The van der Waals surface area contributed by atoms with Crippen molar-refractivity contribution in [3.63, 3.8) is 0 Å². The van der Waals surface area contributed by atoms with Crippen molar-refractivity contribution in [3.05, 3.63) is 35.6 Å². The van der Waals surface area contributed by atoms with Crippen LogP contribution in [0.4, 0.5) is 9.18 Å². The number of piperidine rings is 1. The Labute approximate surface area is 154 Å². The predicted molar refractivity (Wildman–Crippen MR) is 97.6 cm³/mol. The van der Waals surface area contributed by atoms with Crippen LogP contribution in [0.3, 0.4) is 0 Å². The molecule has 0 aliphatic carbocycles. The first kappa shape index (κ1) is 20.6. The summed E-state index contributed by atoms with van der Waals surface area (Å²) >= 11 is 0. The average molecular weight is 386 g/mol. The van der Waals surface area contributed by atoms with Crippen molar-refractivity contribution >= 4 is 16.1 Å². The number of sulfonamides is 1. The molecule has 1 fully saturated rings. The number of hydrogen-bond donors (Lipinski definition) is 1. The van der Waals surface area contributed by atoms with E-state index in [1.165, 1.54) is 28.6 Å². The van der Waals surface area contributed by atoms with Crippen LogP contribution < -0.4 is 5.32 Å². The molecule has 0 aromatic heterocycles. The molecule has 8 heteroatoms. The van der Waals surface area contributed by atoms with Crippen LogP contribution in [0.2, 0.25) is 0 Å². The van der Waals surface area contributed by atoms with Crippen LogP contribution in [-0.4, -0.2) is 44.1 Å². The van der Waals surface area contributed by atoms with Crippen molar-refractivity contribution in [2.24, 2.45) is 5.92 Å². The zero-order valence-electron chi connectivity index (χ0n) is 15.5. The highest BCUT2D eigenvalue weighted by Crippen LogP contribution is 2.21. The van der Waals surface area contributed by atoms with Gasteiger partial charge in [-0.3, -0.25) is 0 Å². The largest absolute Gasteiger partial charge is 0.444 e. The highest BCUT2D eigenvalue weighted by atomic mass is 32.2. The maximum atomic E-state index is 13.0. The number of rotatable bonds is 5. The van der Waals surface area contributed by atoms with Crippen molar-refractivity contribution in [3.8, 4) is 0 Å². The van der Waals surface area contributed by atoms with Gasteiger partial charge in [0.1, 0.15) is 11.4 Å². The molecule has 26 heavy (non-hydrogen) atoms. The summed E-state index contributed by atoms with van der Waals surface area (Å²) in [5, 5.41) is 2.71. The van der Waals surface area contributed by atoms with E-state index in [-0.39, 0.29) is 11.7 Å². The molecule has 0 bridgehead atoms. The minimum Gasteiger partial charge on any atom is -0.444 e. The number of nitrogens with one attached hydrogen (secondary N) is 1. The molecule has 1 unspecified atom stereocenters. The summed E-state index contributed by atoms with van der Waals surface area (Å²) in [7, 11) is -3.48. The fraction of sp³-hybridized carbons (Fsp3) is 0.611. The van der Waals surface area contributed by atoms with Crippen LogP contribution in [0.15, 0.2) is 24.3 Å². The fourth-order valence-electron chi connectivity index (χ4n) is 2.87. The molecule has 146 valence electrons. The van der Waals surface area contributed by atoms with E-state index in [2.05, 4.69) is 5.32 Å². The maximum Gasteiger partial charge on any atom is 0.407 e. The van der Waals surface area contributed by atoms with Gasteiger partial charge in [-0.1, -0.05) is 12.1 Å². The van der Waals surface area contributed by atoms with Crippen molar-refractivity contribution in [2.75, 3.05) is 19.6 Å². The number of carbonyl (C=O) groups is 1. The van der Waals surface area contributed by atoms with Gasteiger partial charge in [0, 0.05) is 19.6 Å². The second kappa shape index (κ2) is 8.35. The Balaban J connectivity index is 1.90. The lowest BCUT2D eigenvalue weighted by Crippen LogP contribution is -2.44. The second-order valence-corrected chi connectivity index (χ2v) is 9.60. The molecule has 1 amide bonds. The predicted octanol–water partition coefficient (Wildman–Crippen LogP) is 2.89. The van der Waals surface area contributed by atoms with Gasteiger partial charge in [0.25, 0.3) is 0 Å². The second-order valence-electron chi connectivity index (χ2n) is 7.63. The zero-order valence-corrected chi connectivity index (χ0v) is 16.3. The van der Waals surface area contributed by atoms with Crippen LogP contribution in [0.5, 0.6) is 0 Å². The molecule has 1 aliphatic rings. The lowest BCUT2D eigenvalue weighted by molar-refractivity contribution is 0.0513. The van der Waals surface area contributed by atoms with Gasteiger partial charge in [-0.05, 0) is 57.2 Å². The van der Waals surface area contributed by atoms with Gasteiger partial charge >= 0.3 is 6.09 Å². The third-order valence-corrected chi connectivity index (χ3v) is 5.89. The topological polar surface area (TPSA) is 75.7 Å². The normalized spacial score (nSPS) is 19.2. The fourth-order valence-corrected chi connectivity index (χ4v) is 4.51. The van der Waals surface area contributed by atoms with Crippen LogP contribution in [0.25, 0.3) is 0 Å². The highest BCUT2D eigenvalue weighted by molar-refractivity contribution is 7.88. The highest BCUT2D eigenvalue weighted by Gasteiger charge is 2.29. The van der Waals surface area contributed by atoms with E-state index in [9.17, 15) is 17.6 Å². The lowest BCUT2D eigenvalue weighted by atomic mass is 10.00. The third-order valence-electron chi connectivity index (χ3n) is 4.07. The zero-order chi connectivity index (χ0) is 19.4. The quantitative estimate of drug-likeness (QED) is 0.844. The Morgan fingerprint density at radius 3 is 2.58 bits per heavy atom. The number of hydrogen-bond acceptors (Lipinski definition) is 4. The van der Waals surface area contributed by atoms with E-state index in [1.54, 1.807) is 20.8 Å². The lowest BCUT2D eigenvalue weighted by Gasteiger charge is -2.32. The van der Waals surface area contributed by atoms with Gasteiger partial charge in [-0.15, -0.1) is 0 Å². The van der Waals surface area contributed by atoms with E-state index in [0.717, 1.165) is 12.8 Å². The maximum absolute atomic E-state index is 13.0. The first-order valence-electron chi connectivity index (χ1n) is 8.74. The summed E-state index contributed by atoms with van der Waals surface area (Å²) in [4.78, 5) is 11.8. The van der Waals surface area contributed by atoms with Crippen molar-refractivity contribution in [1.82, 2.24) is 9.62 Å². The minimum atomic E-state index is -3.48. The summed E-state index contributed by atoms with van der Waals surface area (Å²) in [6.45, 7) is 6.56. The van der Waals surface area contributed by atoms with Crippen molar-refractivity contribution in [2.45, 2.75) is 45.0 Å². The number of amides is 1. The molecule has 0 spiro atoms. The van der Waals surface area contributed by atoms with Gasteiger partial charge < -0.3 is 10.1 Å². The summed E-state index contributed by atoms with van der Waals surface area (Å²) in [6, 6.07) is 5.49. The van der Waals surface area contributed by atoms with Gasteiger partial charge in [-0.2, -0.15) is 0 Å². The monoisotopic (exact) mass is 386 g/mol. The number of alkyl carbamates (subject to hydrolysis) is 1. The molecule has 0 radical (unpaired) electrons. The number of ether oxygens (including phenoxy) is 1. The number of carbonyl (C=O) groups excluding carboxylic acids is 1. The minimum absolute atomic E-state index is 0.0410. The molecule has 1 aromatic carbocycles. The number of nitrogens with zero attached hydrogens (tertiary/aromatic N) is 1. The molecule has 6 nitrogen and oxygen atoms in total. The SMILES string of the molecule is CC(C)(C)OC(=O)NCC1CCCN(S(=O)(=O)Cc2ccc(F)cc2)C1. The molecular weight excluding hydrogens is 359 g/mol. The van der Waals surface area contributed by atoms with E-state index < -0.39 is 27.5 Å². The molecule has 2 rings (SSSR count). The van der Waals surface area contributed by atoms with Gasteiger partial charge in [-0.25, -0.2) is 21.9 Å². The Morgan fingerprint density at radius 2 is 1.96 bits per heavy atom. The smallest absolute Gasteiger partial charge is 0.407 e. The number of halogens is 1. The standard InChI is InChI=1S/C18H27FN2O4S/c1-18(2,3)25-17(22)20-11-15-5-4-10-21(12-15)26(23,24)13-14-6-8-16(19)9-7-14/h6-9,15H,4-5,10-13H2,1-3H3,(H,20,22). The molecule has 1 aliphatic heterocycles. The van der Waals surface area contributed by atoms with E-state index in [4.69, 9.17) is 4.74 Å². The number of benzene rings is 1. The summed E-state index contributed by atoms with van der Waals surface area (Å²) in [5.74, 6) is -0.504. The van der Waals surface area contributed by atoms with Crippen LogP contribution in [0.1, 0.15) is 39.2 Å². The van der Waals surface area contributed by atoms with Crippen LogP contribution in [-0.2, 0) is 20.5 Å².